The molecular formula is C25H33N5O2. The molecule has 0 aromatic carbocycles. The van der Waals surface area contributed by atoms with Crippen molar-refractivity contribution in [1.82, 2.24) is 24.4 Å². The largest absolute Gasteiger partial charge is 0.337 e. The number of allylic oxidation sites excluding steroid dienone is 2. The van der Waals surface area contributed by atoms with Crippen LogP contribution in [0.15, 0.2) is 23.0 Å². The first-order valence-corrected chi connectivity index (χ1v) is 12.5. The van der Waals surface area contributed by atoms with Crippen LogP contribution < -0.4 is 5.56 Å². The first-order valence-electron chi connectivity index (χ1n) is 12.5. The average molecular weight is 436 g/mol. The maximum absolute atomic E-state index is 13.3. The van der Waals surface area contributed by atoms with Crippen LogP contribution in [0.3, 0.4) is 0 Å². The monoisotopic (exact) mass is 435 g/mol. The van der Waals surface area contributed by atoms with Gasteiger partial charge in [0.05, 0.1) is 17.8 Å². The number of aromatic amines is 1. The summed E-state index contributed by atoms with van der Waals surface area (Å²) in [6, 6.07) is 2.08. The van der Waals surface area contributed by atoms with Crippen molar-refractivity contribution in [3.63, 3.8) is 0 Å². The summed E-state index contributed by atoms with van der Waals surface area (Å²) < 4.78 is 1.62. The number of nitrogens with one attached hydrogen (secondary N) is 1. The third kappa shape index (κ3) is 3.81. The number of aromatic nitrogens is 3. The number of carbonyl (C=O) groups is 1. The van der Waals surface area contributed by atoms with Crippen molar-refractivity contribution >= 4 is 11.6 Å². The molecule has 2 aliphatic carbocycles. The van der Waals surface area contributed by atoms with Crippen molar-refractivity contribution in [3.8, 4) is 0 Å². The molecule has 2 aliphatic heterocycles. The zero-order valence-electron chi connectivity index (χ0n) is 18.8. The van der Waals surface area contributed by atoms with Gasteiger partial charge in [0.25, 0.3) is 5.56 Å². The topological polar surface area (TPSA) is 73.7 Å². The van der Waals surface area contributed by atoms with Gasteiger partial charge in [-0.05, 0) is 57.4 Å². The van der Waals surface area contributed by atoms with Crippen molar-refractivity contribution in [2.24, 2.45) is 11.8 Å². The summed E-state index contributed by atoms with van der Waals surface area (Å²) in [5.41, 5.74) is 3.37. The van der Waals surface area contributed by atoms with Gasteiger partial charge in [-0.15, -0.1) is 0 Å². The fourth-order valence-corrected chi connectivity index (χ4v) is 5.85. The van der Waals surface area contributed by atoms with Gasteiger partial charge < -0.3 is 9.80 Å². The summed E-state index contributed by atoms with van der Waals surface area (Å²) in [7, 11) is 0. The van der Waals surface area contributed by atoms with Crippen molar-refractivity contribution in [2.75, 3.05) is 26.2 Å². The van der Waals surface area contributed by atoms with Crippen LogP contribution in [-0.2, 0) is 17.8 Å². The Bertz CT molecular complexity index is 1110. The first kappa shape index (κ1) is 20.2. The molecule has 0 radical (unpaired) electrons. The zero-order chi connectivity index (χ0) is 21.7. The zero-order valence-corrected chi connectivity index (χ0v) is 18.8. The van der Waals surface area contributed by atoms with E-state index in [9.17, 15) is 9.59 Å². The number of hydrogen-bond acceptors (Lipinski definition) is 4. The fraction of sp³-hybridized carbons (Fsp3) is 0.640. The Hall–Kier alpha value is -2.41. The van der Waals surface area contributed by atoms with Crippen LogP contribution in [0.5, 0.6) is 0 Å². The number of amides is 1. The van der Waals surface area contributed by atoms with Gasteiger partial charge in [0, 0.05) is 49.7 Å². The number of rotatable bonds is 4. The lowest BCUT2D eigenvalue weighted by molar-refractivity contribution is -0.133. The molecule has 1 saturated carbocycles. The van der Waals surface area contributed by atoms with Crippen LogP contribution in [-0.4, -0.2) is 56.5 Å². The van der Waals surface area contributed by atoms with E-state index >= 15 is 0 Å². The van der Waals surface area contributed by atoms with E-state index < -0.39 is 0 Å². The average Bonchev–Trinajstić information content (AvgIpc) is 3.58. The van der Waals surface area contributed by atoms with E-state index in [1.807, 2.05) is 4.90 Å². The van der Waals surface area contributed by atoms with E-state index in [2.05, 4.69) is 28.2 Å². The highest BCUT2D eigenvalue weighted by molar-refractivity contribution is 5.81. The van der Waals surface area contributed by atoms with Gasteiger partial charge in [0.15, 0.2) is 5.65 Å². The molecule has 32 heavy (non-hydrogen) atoms. The number of piperidine rings is 1. The maximum atomic E-state index is 13.3. The lowest BCUT2D eigenvalue weighted by Crippen LogP contribution is -2.41. The smallest absolute Gasteiger partial charge is 0.277 e. The molecule has 0 bridgehead atoms. The predicted octanol–water partition coefficient (Wildman–Crippen LogP) is 2.85. The van der Waals surface area contributed by atoms with E-state index in [1.165, 1.54) is 38.8 Å². The van der Waals surface area contributed by atoms with E-state index in [0.717, 1.165) is 48.8 Å². The van der Waals surface area contributed by atoms with E-state index in [0.29, 0.717) is 31.0 Å². The second kappa shape index (κ2) is 8.18. The number of hydrogen-bond donors (Lipinski definition) is 1. The second-order valence-corrected chi connectivity index (χ2v) is 10.3. The molecule has 0 unspecified atom stereocenters. The molecule has 4 heterocycles. The van der Waals surface area contributed by atoms with Crippen molar-refractivity contribution in [3.05, 3.63) is 45.5 Å². The minimum absolute atomic E-state index is 0.0359. The van der Waals surface area contributed by atoms with E-state index in [-0.39, 0.29) is 17.4 Å². The Morgan fingerprint density at radius 3 is 2.88 bits per heavy atom. The summed E-state index contributed by atoms with van der Waals surface area (Å²) in [6.45, 7) is 4.48. The van der Waals surface area contributed by atoms with E-state index in [4.69, 9.17) is 4.98 Å². The highest BCUT2D eigenvalue weighted by Gasteiger charge is 2.36. The minimum atomic E-state index is -0.0359. The number of nitrogens with zero attached hydrogens (tertiary/aromatic N) is 4. The SMILES string of the molecule is O=C(C1CC1)N1CCc2nc3cc([C@@H]4CCCN(C[C@H]5CC=CCC5)C4)[nH]n3c(=O)c2C1. The summed E-state index contributed by atoms with van der Waals surface area (Å²) in [4.78, 5) is 35.1. The maximum Gasteiger partial charge on any atom is 0.277 e. The Morgan fingerprint density at radius 1 is 1.16 bits per heavy atom. The normalized spacial score (nSPS) is 26.4. The molecule has 0 spiro atoms. The van der Waals surface area contributed by atoms with Crippen LogP contribution in [0.25, 0.3) is 5.65 Å². The number of fused-ring (bicyclic) bond motifs is 2. The molecule has 1 N–H and O–H groups in total. The van der Waals surface area contributed by atoms with Crippen LogP contribution >= 0.6 is 0 Å². The number of carbonyl (C=O) groups excluding carboxylic acids is 1. The van der Waals surface area contributed by atoms with Gasteiger partial charge in [-0.1, -0.05) is 12.2 Å². The minimum Gasteiger partial charge on any atom is -0.337 e. The molecule has 170 valence electrons. The molecule has 2 aromatic rings. The van der Waals surface area contributed by atoms with Gasteiger partial charge in [0.1, 0.15) is 0 Å². The number of H-pyrrole nitrogens is 1. The van der Waals surface area contributed by atoms with Crippen LogP contribution in [0.1, 0.15) is 67.8 Å². The van der Waals surface area contributed by atoms with E-state index in [1.54, 1.807) is 4.52 Å². The highest BCUT2D eigenvalue weighted by Crippen LogP contribution is 2.33. The summed E-state index contributed by atoms with van der Waals surface area (Å²) in [5, 5.41) is 3.39. The van der Waals surface area contributed by atoms with Gasteiger partial charge in [0.2, 0.25) is 5.91 Å². The molecule has 1 amide bonds. The Balaban J connectivity index is 1.22. The van der Waals surface area contributed by atoms with Gasteiger partial charge in [-0.2, -0.15) is 0 Å². The third-order valence-electron chi connectivity index (χ3n) is 7.86. The quantitative estimate of drug-likeness (QED) is 0.750. The summed E-state index contributed by atoms with van der Waals surface area (Å²) >= 11 is 0. The predicted molar refractivity (Wildman–Crippen MR) is 123 cm³/mol. The molecule has 2 atom stereocenters. The molecule has 2 fully saturated rings. The van der Waals surface area contributed by atoms with Crippen molar-refractivity contribution < 1.29 is 4.79 Å². The van der Waals surface area contributed by atoms with Gasteiger partial charge in [-0.25, -0.2) is 9.50 Å². The standard InChI is InChI=1S/C25H33N5O2/c31-24(18-8-9-18)29-12-10-21-20(16-29)25(32)30-23(26-21)13-22(27-30)19-7-4-11-28(15-19)14-17-5-2-1-3-6-17/h1-2,13,17-19,27H,3-12,14-16H2/t17-,19+/m0/s1. The van der Waals surface area contributed by atoms with Crippen molar-refractivity contribution in [1.29, 1.82) is 0 Å². The first-order chi connectivity index (χ1) is 15.7. The third-order valence-corrected chi connectivity index (χ3v) is 7.86. The van der Waals surface area contributed by atoms with Crippen LogP contribution in [0.4, 0.5) is 0 Å². The fourth-order valence-electron chi connectivity index (χ4n) is 5.85. The molecule has 7 nitrogen and oxygen atoms in total. The molecule has 6 rings (SSSR count). The molecule has 4 aliphatic rings. The Labute approximate surface area is 188 Å². The Morgan fingerprint density at radius 2 is 2.06 bits per heavy atom. The lowest BCUT2D eigenvalue weighted by atomic mass is 9.90. The van der Waals surface area contributed by atoms with Crippen LogP contribution in [0.2, 0.25) is 0 Å². The van der Waals surface area contributed by atoms with Gasteiger partial charge >= 0.3 is 0 Å². The molecule has 7 heteroatoms. The summed E-state index contributed by atoms with van der Waals surface area (Å²) in [6.07, 6.45) is 13.4. The van der Waals surface area contributed by atoms with Gasteiger partial charge in [-0.3, -0.25) is 14.7 Å². The summed E-state index contributed by atoms with van der Waals surface area (Å²) in [5.74, 6) is 1.59. The second-order valence-electron chi connectivity index (χ2n) is 10.3. The highest BCUT2D eigenvalue weighted by atomic mass is 16.2. The van der Waals surface area contributed by atoms with Crippen LogP contribution in [0, 0.1) is 11.8 Å². The van der Waals surface area contributed by atoms with Crippen molar-refractivity contribution in [2.45, 2.75) is 63.8 Å². The Kier molecular flexibility index (Phi) is 5.17. The molecule has 1 saturated heterocycles. The number of likely N-dealkylation sites (tertiary alicyclic amines) is 1. The molecule has 2 aromatic heterocycles. The lowest BCUT2D eigenvalue weighted by Gasteiger charge is -2.35. The molecular weight excluding hydrogens is 402 g/mol.